The molecule has 1 heterocycles. The molecule has 2 rings (SSSR count). The minimum atomic E-state index is -0.419. The van der Waals surface area contributed by atoms with Crippen LogP contribution in [0.1, 0.15) is 12.6 Å². The van der Waals surface area contributed by atoms with Crippen molar-refractivity contribution in [1.82, 2.24) is 15.3 Å². The van der Waals surface area contributed by atoms with Crippen LogP contribution >= 0.6 is 12.2 Å². The molecule has 0 spiro atoms. The Hall–Kier alpha value is -2.74. The molecule has 0 amide bonds. The first-order valence-corrected chi connectivity index (χ1v) is 7.01. The van der Waals surface area contributed by atoms with Crippen LogP contribution in [0, 0.1) is 10.1 Å². The molecule has 0 atom stereocenters. The summed E-state index contributed by atoms with van der Waals surface area (Å²) in [5.41, 5.74) is 4.20. The number of benzene rings is 1. The smallest absolute Gasteiger partial charge is 0.271 e. The summed E-state index contributed by atoms with van der Waals surface area (Å²) in [4.78, 5) is 10.4. The van der Waals surface area contributed by atoms with E-state index in [1.54, 1.807) is 22.9 Å². The summed E-state index contributed by atoms with van der Waals surface area (Å²) in [6.45, 7) is 2.65. The second kappa shape index (κ2) is 7.32. The molecular weight excluding hydrogens is 302 g/mol. The number of nitrogens with zero attached hydrogens (tertiary/aromatic N) is 3. The first-order valence-electron chi connectivity index (χ1n) is 6.61. The summed E-state index contributed by atoms with van der Waals surface area (Å²) in [7, 11) is 0. The topological polar surface area (TPSA) is 84.5 Å². The molecule has 0 saturated heterocycles. The number of hydrogen-bond acceptors (Lipinski definition) is 4. The highest BCUT2D eigenvalue weighted by molar-refractivity contribution is 7.80. The number of thiocarbonyl (C=S) groups is 1. The predicted octanol–water partition coefficient (Wildman–Crippen LogP) is 2.20. The molecule has 0 aliphatic carbocycles. The molecule has 2 N–H and O–H groups in total. The van der Waals surface area contributed by atoms with Crippen molar-refractivity contribution in [2.24, 2.45) is 5.10 Å². The Bertz CT molecular complexity index is 711. The molecule has 7 nitrogen and oxygen atoms in total. The summed E-state index contributed by atoms with van der Waals surface area (Å²) >= 11 is 5.00. The SMILES string of the molecule is CCNC(=S)N/N=C\c1cccn1-c1cccc([N+](=O)[O-])c1. The molecule has 114 valence electrons. The van der Waals surface area contributed by atoms with Crippen LogP contribution in [0.2, 0.25) is 0 Å². The molecule has 0 saturated carbocycles. The zero-order chi connectivity index (χ0) is 15.9. The van der Waals surface area contributed by atoms with Crippen LogP contribution < -0.4 is 10.7 Å². The third kappa shape index (κ3) is 3.89. The third-order valence-electron chi connectivity index (χ3n) is 2.80. The molecule has 0 bridgehead atoms. The van der Waals surface area contributed by atoms with E-state index in [1.807, 2.05) is 25.3 Å². The van der Waals surface area contributed by atoms with Crippen LogP contribution in [0.25, 0.3) is 5.69 Å². The minimum Gasteiger partial charge on any atom is -0.362 e. The first-order chi connectivity index (χ1) is 10.6. The van der Waals surface area contributed by atoms with Gasteiger partial charge in [-0.15, -0.1) is 0 Å². The van der Waals surface area contributed by atoms with Crippen LogP contribution in [0.3, 0.4) is 0 Å². The van der Waals surface area contributed by atoms with E-state index in [0.29, 0.717) is 17.3 Å². The zero-order valence-electron chi connectivity index (χ0n) is 11.9. The van der Waals surface area contributed by atoms with Gasteiger partial charge in [0.05, 0.1) is 22.5 Å². The summed E-state index contributed by atoms with van der Waals surface area (Å²) in [5.74, 6) is 0. The van der Waals surface area contributed by atoms with E-state index in [-0.39, 0.29) is 5.69 Å². The van der Waals surface area contributed by atoms with E-state index in [4.69, 9.17) is 12.2 Å². The Kier molecular flexibility index (Phi) is 5.21. The van der Waals surface area contributed by atoms with Gasteiger partial charge in [-0.05, 0) is 37.3 Å². The normalized spacial score (nSPS) is 10.6. The van der Waals surface area contributed by atoms with Gasteiger partial charge in [-0.1, -0.05) is 6.07 Å². The Morgan fingerprint density at radius 2 is 2.27 bits per heavy atom. The maximum absolute atomic E-state index is 10.9. The molecule has 22 heavy (non-hydrogen) atoms. The first kappa shape index (κ1) is 15.6. The molecule has 1 aromatic carbocycles. The highest BCUT2D eigenvalue weighted by Crippen LogP contribution is 2.18. The number of aromatic nitrogens is 1. The number of rotatable bonds is 5. The molecule has 0 unspecified atom stereocenters. The van der Waals surface area contributed by atoms with Gasteiger partial charge in [-0.2, -0.15) is 5.10 Å². The van der Waals surface area contributed by atoms with Crippen molar-refractivity contribution >= 4 is 29.2 Å². The van der Waals surface area contributed by atoms with Gasteiger partial charge in [0, 0.05) is 24.9 Å². The van der Waals surface area contributed by atoms with E-state index in [1.165, 1.54) is 12.1 Å². The molecular formula is C14H15N5O2S. The van der Waals surface area contributed by atoms with Gasteiger partial charge in [-0.3, -0.25) is 15.5 Å². The second-order valence-electron chi connectivity index (χ2n) is 4.31. The quantitative estimate of drug-likeness (QED) is 0.382. The Morgan fingerprint density at radius 3 is 3.00 bits per heavy atom. The third-order valence-corrected chi connectivity index (χ3v) is 3.03. The van der Waals surface area contributed by atoms with Gasteiger partial charge in [0.25, 0.3) is 5.69 Å². The van der Waals surface area contributed by atoms with Gasteiger partial charge in [0.2, 0.25) is 0 Å². The molecule has 1 aromatic heterocycles. The lowest BCUT2D eigenvalue weighted by Crippen LogP contribution is -2.31. The van der Waals surface area contributed by atoms with Gasteiger partial charge in [-0.25, -0.2) is 0 Å². The Balaban J connectivity index is 2.19. The highest BCUT2D eigenvalue weighted by Gasteiger charge is 2.08. The summed E-state index contributed by atoms with van der Waals surface area (Å²) in [6.07, 6.45) is 3.41. The second-order valence-corrected chi connectivity index (χ2v) is 4.72. The number of hydrazone groups is 1. The maximum atomic E-state index is 10.9. The average Bonchev–Trinajstić information content (AvgIpc) is 2.96. The molecule has 0 aliphatic heterocycles. The number of hydrogen-bond donors (Lipinski definition) is 2. The van der Waals surface area contributed by atoms with Crippen molar-refractivity contribution in [2.45, 2.75) is 6.92 Å². The van der Waals surface area contributed by atoms with E-state index in [2.05, 4.69) is 15.8 Å². The summed E-state index contributed by atoms with van der Waals surface area (Å²) in [5, 5.41) is 18.3. The van der Waals surface area contributed by atoms with Crippen molar-refractivity contribution in [3.05, 3.63) is 58.4 Å². The number of nitro groups is 1. The van der Waals surface area contributed by atoms with Crippen molar-refractivity contribution in [3.8, 4) is 5.69 Å². The highest BCUT2D eigenvalue weighted by atomic mass is 32.1. The van der Waals surface area contributed by atoms with Gasteiger partial charge < -0.3 is 9.88 Å². The molecule has 2 aromatic rings. The standard InChI is InChI=1S/C14H15N5O2S/c1-2-15-14(22)17-16-10-13-7-4-8-18(13)11-5-3-6-12(9-11)19(20)21/h3-10H,2H2,1H3,(H2,15,17,22)/b16-10-. The fourth-order valence-corrected chi connectivity index (χ4v) is 2.05. The van der Waals surface area contributed by atoms with Crippen molar-refractivity contribution < 1.29 is 4.92 Å². The largest absolute Gasteiger partial charge is 0.362 e. The molecule has 0 aliphatic rings. The van der Waals surface area contributed by atoms with Crippen LogP contribution in [0.15, 0.2) is 47.7 Å². The Labute approximate surface area is 132 Å². The monoisotopic (exact) mass is 317 g/mol. The van der Waals surface area contributed by atoms with Gasteiger partial charge in [0.15, 0.2) is 5.11 Å². The fourth-order valence-electron chi connectivity index (χ4n) is 1.85. The molecule has 8 heteroatoms. The van der Waals surface area contributed by atoms with E-state index < -0.39 is 4.92 Å². The van der Waals surface area contributed by atoms with Crippen LogP contribution in [0.5, 0.6) is 0 Å². The van der Waals surface area contributed by atoms with Crippen molar-refractivity contribution in [2.75, 3.05) is 6.54 Å². The van der Waals surface area contributed by atoms with Crippen molar-refractivity contribution in [1.29, 1.82) is 0 Å². The average molecular weight is 317 g/mol. The van der Waals surface area contributed by atoms with Crippen LogP contribution in [-0.4, -0.2) is 27.4 Å². The van der Waals surface area contributed by atoms with Crippen molar-refractivity contribution in [3.63, 3.8) is 0 Å². The van der Waals surface area contributed by atoms with E-state index in [9.17, 15) is 10.1 Å². The fraction of sp³-hybridized carbons (Fsp3) is 0.143. The lowest BCUT2D eigenvalue weighted by Gasteiger charge is -2.06. The van der Waals surface area contributed by atoms with Gasteiger partial charge in [0.1, 0.15) is 0 Å². The summed E-state index contributed by atoms with van der Waals surface area (Å²) < 4.78 is 1.80. The van der Waals surface area contributed by atoms with Crippen LogP contribution in [-0.2, 0) is 0 Å². The maximum Gasteiger partial charge on any atom is 0.271 e. The molecule has 0 fully saturated rings. The lowest BCUT2D eigenvalue weighted by molar-refractivity contribution is -0.384. The number of nitrogens with one attached hydrogen (secondary N) is 2. The molecule has 0 radical (unpaired) electrons. The number of nitro benzene ring substituents is 1. The minimum absolute atomic E-state index is 0.0422. The lowest BCUT2D eigenvalue weighted by atomic mass is 10.2. The zero-order valence-corrected chi connectivity index (χ0v) is 12.7. The number of non-ortho nitro benzene ring substituents is 1. The summed E-state index contributed by atoms with van der Waals surface area (Å²) in [6, 6.07) is 10.1. The van der Waals surface area contributed by atoms with E-state index in [0.717, 1.165) is 5.69 Å². The van der Waals surface area contributed by atoms with Gasteiger partial charge >= 0.3 is 0 Å². The van der Waals surface area contributed by atoms with Crippen LogP contribution in [0.4, 0.5) is 5.69 Å². The van der Waals surface area contributed by atoms with E-state index >= 15 is 0 Å². The predicted molar refractivity (Wildman–Crippen MR) is 89.4 cm³/mol. The Morgan fingerprint density at radius 1 is 1.45 bits per heavy atom.